The van der Waals surface area contributed by atoms with Crippen LogP contribution in [0.15, 0.2) is 72.3 Å². The van der Waals surface area contributed by atoms with Crippen LogP contribution in [0.4, 0.5) is 0 Å². The molecule has 25 heavy (non-hydrogen) atoms. The van der Waals surface area contributed by atoms with Gasteiger partial charge >= 0.3 is 0 Å². The SMILES string of the molecule is CCCC1=Cc2c(ccc(-c3ccccc3)c2-c2ccccc2C)C1. The lowest BCUT2D eigenvalue weighted by atomic mass is 9.87. The number of hydrogen-bond acceptors (Lipinski definition) is 0. The third-order valence-corrected chi connectivity index (χ3v) is 5.17. The lowest BCUT2D eigenvalue weighted by molar-refractivity contribution is 0.886. The first-order valence-corrected chi connectivity index (χ1v) is 9.24. The molecule has 0 bridgehead atoms. The van der Waals surface area contributed by atoms with Gasteiger partial charge in [-0.2, -0.15) is 0 Å². The third kappa shape index (κ3) is 2.93. The Morgan fingerprint density at radius 1 is 0.800 bits per heavy atom. The Hall–Kier alpha value is -2.60. The molecule has 3 aromatic carbocycles. The maximum atomic E-state index is 2.45. The monoisotopic (exact) mass is 324 g/mol. The van der Waals surface area contributed by atoms with Crippen molar-refractivity contribution < 1.29 is 0 Å². The standard InChI is InChI=1S/C25H24/c1-3-9-19-16-21-14-15-23(20-11-5-4-6-12-20)25(24(21)17-19)22-13-8-7-10-18(22)2/h4-8,10-15,17H,3,9,16H2,1-2H3. The summed E-state index contributed by atoms with van der Waals surface area (Å²) < 4.78 is 0. The summed E-state index contributed by atoms with van der Waals surface area (Å²) in [6, 6.07) is 24.2. The van der Waals surface area contributed by atoms with Gasteiger partial charge in [0, 0.05) is 0 Å². The highest BCUT2D eigenvalue weighted by atomic mass is 14.2. The van der Waals surface area contributed by atoms with Gasteiger partial charge in [-0.05, 0) is 58.7 Å². The smallest absolute Gasteiger partial charge is 0.00273 e. The fourth-order valence-electron chi connectivity index (χ4n) is 3.96. The number of allylic oxidation sites excluding steroid dienone is 1. The molecule has 0 heteroatoms. The lowest BCUT2D eigenvalue weighted by Crippen LogP contribution is -1.94. The highest BCUT2D eigenvalue weighted by molar-refractivity contribution is 5.93. The summed E-state index contributed by atoms with van der Waals surface area (Å²) in [5.74, 6) is 0. The molecular weight excluding hydrogens is 300 g/mol. The number of benzene rings is 3. The van der Waals surface area contributed by atoms with Crippen LogP contribution >= 0.6 is 0 Å². The molecule has 0 saturated heterocycles. The van der Waals surface area contributed by atoms with Crippen molar-refractivity contribution in [1.29, 1.82) is 0 Å². The molecule has 124 valence electrons. The summed E-state index contributed by atoms with van der Waals surface area (Å²) in [6.07, 6.45) is 5.97. The average Bonchev–Trinajstić information content (AvgIpc) is 3.05. The van der Waals surface area contributed by atoms with Crippen LogP contribution in [0.25, 0.3) is 28.3 Å². The van der Waals surface area contributed by atoms with E-state index >= 15 is 0 Å². The number of hydrogen-bond donors (Lipinski definition) is 0. The molecule has 0 spiro atoms. The van der Waals surface area contributed by atoms with E-state index in [1.165, 1.54) is 51.8 Å². The molecule has 0 aliphatic heterocycles. The van der Waals surface area contributed by atoms with E-state index in [1.54, 1.807) is 5.57 Å². The summed E-state index contributed by atoms with van der Waals surface area (Å²) in [5, 5.41) is 0. The highest BCUT2D eigenvalue weighted by Crippen LogP contribution is 2.42. The molecule has 1 aliphatic rings. The van der Waals surface area contributed by atoms with Crippen molar-refractivity contribution in [2.24, 2.45) is 0 Å². The van der Waals surface area contributed by atoms with Gasteiger partial charge in [0.05, 0.1) is 0 Å². The molecule has 0 aromatic heterocycles. The van der Waals surface area contributed by atoms with Crippen molar-refractivity contribution in [1.82, 2.24) is 0 Å². The van der Waals surface area contributed by atoms with Crippen molar-refractivity contribution in [3.63, 3.8) is 0 Å². The molecule has 4 rings (SSSR count). The van der Waals surface area contributed by atoms with E-state index in [0.717, 1.165) is 6.42 Å². The van der Waals surface area contributed by atoms with Gasteiger partial charge in [0.15, 0.2) is 0 Å². The normalized spacial score (nSPS) is 12.8. The van der Waals surface area contributed by atoms with Crippen molar-refractivity contribution >= 4 is 6.08 Å². The predicted molar refractivity (Wildman–Crippen MR) is 109 cm³/mol. The molecule has 3 aromatic rings. The van der Waals surface area contributed by atoms with Gasteiger partial charge < -0.3 is 0 Å². The summed E-state index contributed by atoms with van der Waals surface area (Å²) in [7, 11) is 0. The van der Waals surface area contributed by atoms with E-state index in [-0.39, 0.29) is 0 Å². The van der Waals surface area contributed by atoms with E-state index in [2.05, 4.69) is 86.7 Å². The minimum absolute atomic E-state index is 1.11. The van der Waals surface area contributed by atoms with Gasteiger partial charge in [0.25, 0.3) is 0 Å². The fourth-order valence-corrected chi connectivity index (χ4v) is 3.96. The lowest BCUT2D eigenvalue weighted by Gasteiger charge is -2.17. The first kappa shape index (κ1) is 15.9. The summed E-state index contributed by atoms with van der Waals surface area (Å²) >= 11 is 0. The van der Waals surface area contributed by atoms with Crippen LogP contribution in [0.3, 0.4) is 0 Å². The molecule has 0 atom stereocenters. The Morgan fingerprint density at radius 3 is 2.32 bits per heavy atom. The third-order valence-electron chi connectivity index (χ3n) is 5.17. The molecular formula is C25H24. The number of rotatable bonds is 4. The molecule has 0 fully saturated rings. The first-order valence-electron chi connectivity index (χ1n) is 9.24. The van der Waals surface area contributed by atoms with E-state index in [4.69, 9.17) is 0 Å². The van der Waals surface area contributed by atoms with Crippen LogP contribution in [-0.2, 0) is 6.42 Å². The summed E-state index contributed by atoms with van der Waals surface area (Å²) in [5.41, 5.74) is 11.2. The Kier molecular flexibility index (Phi) is 4.28. The molecule has 0 saturated carbocycles. The van der Waals surface area contributed by atoms with Crippen molar-refractivity contribution in [2.75, 3.05) is 0 Å². The zero-order chi connectivity index (χ0) is 17.2. The van der Waals surface area contributed by atoms with Crippen molar-refractivity contribution in [2.45, 2.75) is 33.1 Å². The van der Waals surface area contributed by atoms with Gasteiger partial charge in [0.1, 0.15) is 0 Å². The van der Waals surface area contributed by atoms with Gasteiger partial charge in [-0.25, -0.2) is 0 Å². The van der Waals surface area contributed by atoms with Crippen LogP contribution in [0.5, 0.6) is 0 Å². The van der Waals surface area contributed by atoms with Gasteiger partial charge in [-0.3, -0.25) is 0 Å². The van der Waals surface area contributed by atoms with E-state index in [1.807, 2.05) is 0 Å². The largest absolute Gasteiger partial charge is 0.0652 e. The van der Waals surface area contributed by atoms with E-state index < -0.39 is 0 Å². The van der Waals surface area contributed by atoms with Gasteiger partial charge in [-0.15, -0.1) is 0 Å². The van der Waals surface area contributed by atoms with Crippen molar-refractivity contribution in [3.05, 3.63) is 89.0 Å². The minimum Gasteiger partial charge on any atom is -0.0652 e. The van der Waals surface area contributed by atoms with Crippen LogP contribution in [0, 0.1) is 6.92 Å². The quantitative estimate of drug-likeness (QED) is 0.481. The fraction of sp³-hybridized carbons (Fsp3) is 0.200. The minimum atomic E-state index is 1.11. The predicted octanol–water partition coefficient (Wildman–Crippen LogP) is 7.07. The van der Waals surface area contributed by atoms with E-state index in [9.17, 15) is 0 Å². The Balaban J connectivity index is 1.99. The number of aryl methyl sites for hydroxylation is 1. The molecule has 0 heterocycles. The van der Waals surface area contributed by atoms with Crippen LogP contribution in [-0.4, -0.2) is 0 Å². The van der Waals surface area contributed by atoms with Crippen LogP contribution in [0.2, 0.25) is 0 Å². The highest BCUT2D eigenvalue weighted by Gasteiger charge is 2.20. The van der Waals surface area contributed by atoms with Crippen LogP contribution in [0.1, 0.15) is 36.5 Å². The Morgan fingerprint density at radius 2 is 1.56 bits per heavy atom. The average molecular weight is 324 g/mol. The molecule has 0 nitrogen and oxygen atoms in total. The second-order valence-corrected chi connectivity index (χ2v) is 6.97. The zero-order valence-corrected chi connectivity index (χ0v) is 15.0. The first-order chi connectivity index (χ1) is 12.3. The maximum Gasteiger partial charge on any atom is -0.00273 e. The molecule has 0 unspecified atom stereocenters. The molecule has 0 radical (unpaired) electrons. The molecule has 1 aliphatic carbocycles. The summed E-state index contributed by atoms with van der Waals surface area (Å²) in [6.45, 7) is 4.48. The molecule has 0 amide bonds. The second kappa shape index (κ2) is 6.72. The zero-order valence-electron chi connectivity index (χ0n) is 15.0. The Bertz CT molecular complexity index is 930. The second-order valence-electron chi connectivity index (χ2n) is 6.97. The van der Waals surface area contributed by atoms with Crippen molar-refractivity contribution in [3.8, 4) is 22.3 Å². The van der Waals surface area contributed by atoms with Gasteiger partial charge in [0.2, 0.25) is 0 Å². The summed E-state index contributed by atoms with van der Waals surface area (Å²) in [4.78, 5) is 0. The molecule has 0 N–H and O–H groups in total. The topological polar surface area (TPSA) is 0 Å². The number of fused-ring (bicyclic) bond motifs is 1. The van der Waals surface area contributed by atoms with Crippen LogP contribution < -0.4 is 0 Å². The Labute approximate surface area is 150 Å². The maximum absolute atomic E-state index is 2.45. The van der Waals surface area contributed by atoms with Gasteiger partial charge in [-0.1, -0.05) is 91.7 Å². The van der Waals surface area contributed by atoms with E-state index in [0.29, 0.717) is 0 Å².